The third-order valence-corrected chi connectivity index (χ3v) is 22.3. The highest BCUT2D eigenvalue weighted by Crippen LogP contribution is 2.76. The minimum atomic E-state index is -9.60. The first-order valence-corrected chi connectivity index (χ1v) is 37.9. The van der Waals surface area contributed by atoms with Gasteiger partial charge in [-0.25, -0.2) is 4.79 Å². The fourth-order valence-electron chi connectivity index (χ4n) is 12.7. The maximum absolute atomic E-state index is 18.0. The molecule has 0 radical (unpaired) electrons. The van der Waals surface area contributed by atoms with Gasteiger partial charge in [-0.1, -0.05) is 214 Å². The van der Waals surface area contributed by atoms with Gasteiger partial charge in [0.2, 0.25) is 0 Å². The Morgan fingerprint density at radius 1 is 0.257 bits per heavy atom. The molecule has 2 nitrogen and oxygen atoms in total. The van der Waals surface area contributed by atoms with E-state index in [0.29, 0.717) is 223 Å². The third kappa shape index (κ3) is 19.6. The fraction of sp³-hybridized carbons (Fsp3) is 0.747. The Bertz CT molecular complexity index is 2720. The average Bonchev–Trinajstić information content (AvgIpc) is 0.692. The molecule has 0 unspecified atom stereocenters. The zero-order valence-corrected chi connectivity index (χ0v) is 60.7. The van der Waals surface area contributed by atoms with Crippen molar-refractivity contribution in [1.82, 2.24) is 0 Å². The van der Waals surface area contributed by atoms with Crippen molar-refractivity contribution in [1.29, 1.82) is 0 Å². The first kappa shape index (κ1) is 91.1. The summed E-state index contributed by atoms with van der Waals surface area (Å²) in [5.74, 6) is -94.8. The smallest absolute Gasteiger partial charge is 0.397 e. The van der Waals surface area contributed by atoms with E-state index >= 15 is 66.3 Å². The second-order valence-electron chi connectivity index (χ2n) is 27.0. The zero-order valence-electron chi connectivity index (χ0n) is 59.8. The van der Waals surface area contributed by atoms with Crippen molar-refractivity contribution < 1.29 is 110 Å². The summed E-state index contributed by atoms with van der Waals surface area (Å²) in [6.07, 6.45) is 7.58. The summed E-state index contributed by atoms with van der Waals surface area (Å²) >= 11 is 0. The molecule has 0 atom stereocenters. The lowest BCUT2D eigenvalue weighted by molar-refractivity contribution is -0.477. The van der Waals surface area contributed by atoms with Gasteiger partial charge in [0.25, 0.3) is 0 Å². The minimum Gasteiger partial charge on any atom is -0.397 e. The number of carbonyl (C=O) groups excluding carboxylic acids is 1. The number of rotatable bonds is 50. The van der Waals surface area contributed by atoms with Gasteiger partial charge in [-0.2, -0.15) is 101 Å². The first-order chi connectivity index (χ1) is 46.9. The van der Waals surface area contributed by atoms with Gasteiger partial charge in [-0.3, -0.25) is 0 Å². The molecule has 0 aromatic heterocycles. The summed E-state index contributed by atoms with van der Waals surface area (Å²) < 4.78 is 360. The Balaban J connectivity index is 3.10. The molecule has 101 heavy (non-hydrogen) atoms. The maximum atomic E-state index is 18.0. The van der Waals surface area contributed by atoms with Gasteiger partial charge in [0, 0.05) is 14.7 Å². The van der Waals surface area contributed by atoms with Crippen LogP contribution in [0, 0.1) is 0 Å². The average molecular weight is 1510 g/mol. The topological polar surface area (TPSA) is 26.3 Å². The molecule has 0 aliphatic rings. The van der Waals surface area contributed by atoms with Crippen LogP contribution in [0.3, 0.4) is 0 Å². The summed E-state index contributed by atoms with van der Waals surface area (Å²) in [6, 6.07) is 10.6. The van der Waals surface area contributed by atoms with Crippen molar-refractivity contribution in [3.63, 3.8) is 0 Å². The van der Waals surface area contributed by atoms with Crippen molar-refractivity contribution in [3.8, 4) is 0 Å². The lowest BCUT2D eigenvalue weighted by atomic mass is 9.85. The number of aryl methyl sites for hydroxylation is 9. The maximum Gasteiger partial charge on any atom is 0.460 e. The molecular formula is C75H105F23O2S. The fourth-order valence-corrected chi connectivity index (χ4v) is 17.1. The molecule has 0 fully saturated rings. The predicted molar refractivity (Wildman–Crippen MR) is 352 cm³/mol. The van der Waals surface area contributed by atoms with Gasteiger partial charge in [0.05, 0.1) is 0 Å². The Hall–Kier alpha value is -4.13. The number of carbonyl (C=O) groups is 1. The van der Waals surface area contributed by atoms with Crippen LogP contribution in [0.1, 0.15) is 286 Å². The van der Waals surface area contributed by atoms with Gasteiger partial charge < -0.3 is 4.18 Å². The molecule has 0 N–H and O–H groups in total. The lowest BCUT2D eigenvalue weighted by Crippen LogP contribution is -2.78. The Kier molecular flexibility index (Phi) is 34.6. The van der Waals surface area contributed by atoms with E-state index in [0.717, 1.165) is 19.3 Å². The van der Waals surface area contributed by atoms with Crippen molar-refractivity contribution in [2.45, 2.75) is 374 Å². The van der Waals surface area contributed by atoms with Crippen LogP contribution < -0.4 is 0 Å². The van der Waals surface area contributed by atoms with Gasteiger partial charge in [-0.15, -0.1) is 0 Å². The van der Waals surface area contributed by atoms with E-state index in [1.165, 1.54) is 0 Å². The summed E-state index contributed by atoms with van der Waals surface area (Å²) in [5.41, 5.74) is 3.92. The Morgan fingerprint density at radius 3 is 0.604 bits per heavy atom. The molecule has 3 rings (SSSR count). The van der Waals surface area contributed by atoms with Gasteiger partial charge in [0.1, 0.15) is 0 Å². The number of halogens is 23. The molecule has 0 saturated carbocycles. The number of hydrogen-bond donors (Lipinski definition) is 0. The van der Waals surface area contributed by atoms with Gasteiger partial charge in [0.15, 0.2) is 0 Å². The normalized spacial score (nSPS) is 14.0. The van der Waals surface area contributed by atoms with Crippen LogP contribution in [0.25, 0.3) is 0 Å². The Labute approximate surface area is 584 Å². The van der Waals surface area contributed by atoms with E-state index in [2.05, 4.69) is 0 Å². The molecule has 0 heterocycles. The van der Waals surface area contributed by atoms with Crippen LogP contribution in [0.4, 0.5) is 101 Å². The lowest BCUT2D eigenvalue weighted by Gasteiger charge is -2.48. The van der Waals surface area contributed by atoms with Crippen molar-refractivity contribution in [2.75, 3.05) is 0 Å². The van der Waals surface area contributed by atoms with Crippen molar-refractivity contribution in [3.05, 3.63) is 86.5 Å². The Morgan fingerprint density at radius 2 is 0.426 bits per heavy atom. The standard InChI is InChI=1S/C75H105F23O2S/c1-10-19-28-37-52-46-55(40-31-22-13-4)61(56(47-52)41-32-23-14-5)101(62-57(42-33-24-15-6)48-53(38-29-20-11-2)49-58(62)43-34-25-16-7,63-59(44-35-26-17-8)50-54(39-30-21-12-3)51-60(63)45-36-27-18-9)100-64(99)65(76,77)66(78,79)67(80,81)68(82,83)69(84,85)70(86,87)71(88,89)72(90,91)73(92,93)74(94,95)75(96,97)98/h46-51H,10-45H2,1-9H3. The van der Waals surface area contributed by atoms with Gasteiger partial charge >= 0.3 is 71.4 Å². The molecule has 26 heteroatoms. The number of benzene rings is 3. The van der Waals surface area contributed by atoms with E-state index in [1.54, 1.807) is 36.4 Å². The van der Waals surface area contributed by atoms with Crippen LogP contribution in [0.15, 0.2) is 51.1 Å². The third-order valence-electron chi connectivity index (χ3n) is 18.6. The highest BCUT2D eigenvalue weighted by Gasteiger charge is 2.99. The zero-order chi connectivity index (χ0) is 76.9. The molecule has 3 aromatic rings. The summed E-state index contributed by atoms with van der Waals surface area (Å²) in [5, 5.41) is 0. The number of hydrogen-bond acceptors (Lipinski definition) is 2. The van der Waals surface area contributed by atoms with Crippen LogP contribution in [0.5, 0.6) is 0 Å². The molecule has 3 aromatic carbocycles. The molecule has 0 aliphatic carbocycles. The van der Waals surface area contributed by atoms with Gasteiger partial charge in [-0.05, 0) is 176 Å². The SMILES string of the molecule is CCCCCc1cc(CCCCC)c(S(OC(=O)C(F)(F)C(F)(F)C(F)(F)C(F)(F)C(F)(F)C(F)(F)C(F)(F)C(F)(F)C(F)(F)C(F)(F)C(F)(F)F)(c2c(CCCCC)cc(CCCCC)cc2CCCCC)c2c(CCCCC)cc(CCCCC)cc2CCCCC)c(CCCCC)c1. The number of unbranched alkanes of at least 4 members (excludes halogenated alkanes) is 18. The van der Waals surface area contributed by atoms with Crippen molar-refractivity contribution >= 4 is 16.3 Å². The molecule has 0 aliphatic heterocycles. The second kappa shape index (κ2) is 38.4. The first-order valence-electron chi connectivity index (χ1n) is 36.3. The minimum absolute atomic E-state index is 0.0261. The van der Waals surface area contributed by atoms with E-state index in [-0.39, 0.29) is 53.2 Å². The summed E-state index contributed by atoms with van der Waals surface area (Å²) in [4.78, 5) is 15.7. The highest BCUT2D eigenvalue weighted by molar-refractivity contribution is 8.30. The van der Waals surface area contributed by atoms with Crippen LogP contribution in [-0.4, -0.2) is 71.4 Å². The van der Waals surface area contributed by atoms with E-state index in [4.69, 9.17) is 4.18 Å². The molecule has 0 saturated heterocycles. The van der Waals surface area contributed by atoms with E-state index in [9.17, 15) is 39.5 Å². The van der Waals surface area contributed by atoms with Crippen LogP contribution in [0.2, 0.25) is 0 Å². The second-order valence-corrected chi connectivity index (χ2v) is 29.5. The predicted octanol–water partition coefficient (Wildman–Crippen LogP) is 27.9. The molecule has 584 valence electrons. The van der Waals surface area contributed by atoms with E-state index in [1.807, 2.05) is 62.3 Å². The quantitative estimate of drug-likeness (QED) is 0.0416. The largest absolute Gasteiger partial charge is 0.460 e. The monoisotopic (exact) mass is 1510 g/mol. The van der Waals surface area contributed by atoms with E-state index < -0.39 is 81.7 Å². The number of alkyl halides is 23. The molecule has 0 spiro atoms. The molecular weight excluding hydrogens is 1400 g/mol. The summed E-state index contributed by atoms with van der Waals surface area (Å²) in [7, 11) is -4.87. The van der Waals surface area contributed by atoms with Crippen molar-refractivity contribution in [2.24, 2.45) is 0 Å². The summed E-state index contributed by atoms with van der Waals surface area (Å²) in [6.45, 7) is 17.1. The van der Waals surface area contributed by atoms with Crippen LogP contribution >= 0.6 is 10.3 Å². The molecule has 0 amide bonds. The highest BCUT2D eigenvalue weighted by atomic mass is 32.3. The van der Waals surface area contributed by atoms with Crippen LogP contribution in [-0.2, 0) is 66.8 Å². The molecule has 0 bridgehead atoms.